The van der Waals surface area contributed by atoms with Crippen LogP contribution in [0.25, 0.3) is 5.82 Å². The lowest BCUT2D eigenvalue weighted by Gasteiger charge is -2.07. The molecule has 3 aromatic heterocycles. The summed E-state index contributed by atoms with van der Waals surface area (Å²) in [6.45, 7) is 4.23. The van der Waals surface area contributed by atoms with Crippen molar-refractivity contribution in [3.63, 3.8) is 0 Å². The summed E-state index contributed by atoms with van der Waals surface area (Å²) < 4.78 is 1.78. The summed E-state index contributed by atoms with van der Waals surface area (Å²) >= 11 is 0. The molecule has 0 spiro atoms. The third-order valence-corrected chi connectivity index (χ3v) is 3.43. The predicted molar refractivity (Wildman–Crippen MR) is 88.4 cm³/mol. The number of nitrogens with two attached hydrogens (primary N) is 1. The third kappa shape index (κ3) is 3.22. The van der Waals surface area contributed by atoms with Gasteiger partial charge in [0.2, 0.25) is 0 Å². The lowest BCUT2D eigenvalue weighted by atomic mass is 10.2. The molecule has 0 saturated heterocycles. The molecule has 1 amide bonds. The first-order valence-corrected chi connectivity index (χ1v) is 7.38. The second kappa shape index (κ2) is 6.45. The number of nitrogen functional groups attached to an aromatic ring is 1. The van der Waals surface area contributed by atoms with Crippen LogP contribution in [0.5, 0.6) is 0 Å². The van der Waals surface area contributed by atoms with Crippen molar-refractivity contribution in [2.45, 2.75) is 20.4 Å². The number of nitrogens with zero attached hydrogens (tertiary/aromatic N) is 5. The van der Waals surface area contributed by atoms with Gasteiger partial charge in [-0.25, -0.2) is 19.6 Å². The summed E-state index contributed by atoms with van der Waals surface area (Å²) in [7, 11) is 0. The van der Waals surface area contributed by atoms with Gasteiger partial charge in [0.15, 0.2) is 17.3 Å². The van der Waals surface area contributed by atoms with Crippen molar-refractivity contribution in [2.24, 2.45) is 0 Å². The van der Waals surface area contributed by atoms with Crippen molar-refractivity contribution in [1.29, 1.82) is 0 Å². The second-order valence-electron chi connectivity index (χ2n) is 5.34. The van der Waals surface area contributed by atoms with Crippen molar-refractivity contribution in [2.75, 3.05) is 5.73 Å². The molecule has 0 unspecified atom stereocenters. The normalized spacial score (nSPS) is 10.6. The predicted octanol–water partition coefficient (Wildman–Crippen LogP) is 1.19. The van der Waals surface area contributed by atoms with E-state index in [4.69, 9.17) is 5.73 Å². The Balaban J connectivity index is 1.68. The maximum atomic E-state index is 12.0. The zero-order valence-corrected chi connectivity index (χ0v) is 13.4. The van der Waals surface area contributed by atoms with Gasteiger partial charge in [0.05, 0.1) is 5.69 Å². The fourth-order valence-corrected chi connectivity index (χ4v) is 2.30. The Hall–Kier alpha value is -3.29. The molecule has 122 valence electrons. The molecule has 0 aliphatic heterocycles. The van der Waals surface area contributed by atoms with Gasteiger partial charge < -0.3 is 11.1 Å². The quantitative estimate of drug-likeness (QED) is 0.746. The Morgan fingerprint density at radius 3 is 2.62 bits per heavy atom. The van der Waals surface area contributed by atoms with Crippen molar-refractivity contribution in [3.8, 4) is 5.82 Å². The zero-order valence-electron chi connectivity index (χ0n) is 13.4. The maximum Gasteiger partial charge on any atom is 0.273 e. The highest BCUT2D eigenvalue weighted by Crippen LogP contribution is 2.10. The summed E-state index contributed by atoms with van der Waals surface area (Å²) in [6, 6.07) is 5.73. The molecule has 3 heterocycles. The Morgan fingerprint density at radius 1 is 1.21 bits per heavy atom. The molecule has 3 N–H and O–H groups in total. The van der Waals surface area contributed by atoms with Crippen molar-refractivity contribution in [1.82, 2.24) is 30.0 Å². The van der Waals surface area contributed by atoms with E-state index in [0.717, 1.165) is 22.8 Å². The minimum atomic E-state index is -0.372. The largest absolute Gasteiger partial charge is 0.382 e. The van der Waals surface area contributed by atoms with Crippen molar-refractivity contribution < 1.29 is 4.79 Å². The van der Waals surface area contributed by atoms with Crippen molar-refractivity contribution >= 4 is 11.7 Å². The van der Waals surface area contributed by atoms with E-state index in [-0.39, 0.29) is 17.4 Å². The van der Waals surface area contributed by atoms with Gasteiger partial charge in [-0.1, -0.05) is 6.07 Å². The Kier molecular flexibility index (Phi) is 4.19. The number of carbonyl (C=O) groups excluding carboxylic acids is 1. The van der Waals surface area contributed by atoms with Crippen LogP contribution in [0.15, 0.2) is 36.8 Å². The highest BCUT2D eigenvalue weighted by Gasteiger charge is 2.11. The summed E-state index contributed by atoms with van der Waals surface area (Å²) in [6.07, 6.45) is 4.57. The van der Waals surface area contributed by atoms with E-state index in [9.17, 15) is 4.79 Å². The van der Waals surface area contributed by atoms with Crippen LogP contribution in [0.3, 0.4) is 0 Å². The summed E-state index contributed by atoms with van der Waals surface area (Å²) in [5, 5.41) is 7.14. The maximum absolute atomic E-state index is 12.0. The van der Waals surface area contributed by atoms with Crippen LogP contribution in [-0.4, -0.2) is 30.6 Å². The fraction of sp³-hybridized carbons (Fsp3) is 0.188. The summed E-state index contributed by atoms with van der Waals surface area (Å²) in [5.74, 6) is 0.463. The van der Waals surface area contributed by atoms with Crippen LogP contribution in [0.2, 0.25) is 0 Å². The first-order valence-electron chi connectivity index (χ1n) is 7.38. The van der Waals surface area contributed by atoms with Gasteiger partial charge in [0.1, 0.15) is 0 Å². The van der Waals surface area contributed by atoms with E-state index in [1.807, 2.05) is 32.0 Å². The minimum absolute atomic E-state index is 0.105. The Morgan fingerprint density at radius 2 is 2.00 bits per heavy atom. The number of anilines is 1. The molecule has 8 heteroatoms. The van der Waals surface area contributed by atoms with E-state index in [0.29, 0.717) is 6.54 Å². The number of amides is 1. The van der Waals surface area contributed by atoms with E-state index in [1.54, 1.807) is 10.9 Å². The Labute approximate surface area is 138 Å². The van der Waals surface area contributed by atoms with E-state index in [1.165, 1.54) is 12.4 Å². The SMILES string of the molecule is Cc1cc(C)n(-c2ccc(CNC(=O)c3nccnc3N)cn2)n1. The Bertz CT molecular complexity index is 870. The molecule has 8 nitrogen and oxygen atoms in total. The number of aryl methyl sites for hydroxylation is 2. The van der Waals surface area contributed by atoms with E-state index in [2.05, 4.69) is 25.4 Å². The first-order chi connectivity index (χ1) is 11.5. The zero-order chi connectivity index (χ0) is 17.1. The van der Waals surface area contributed by atoms with Crippen LogP contribution in [0.1, 0.15) is 27.4 Å². The van der Waals surface area contributed by atoms with Crippen LogP contribution in [0, 0.1) is 13.8 Å². The summed E-state index contributed by atoms with van der Waals surface area (Å²) in [4.78, 5) is 24.2. The first kappa shape index (κ1) is 15.6. The highest BCUT2D eigenvalue weighted by atomic mass is 16.1. The molecule has 24 heavy (non-hydrogen) atoms. The van der Waals surface area contributed by atoms with E-state index >= 15 is 0 Å². The molecule has 3 aromatic rings. The van der Waals surface area contributed by atoms with Crippen LogP contribution < -0.4 is 11.1 Å². The topological polar surface area (TPSA) is 112 Å². The molecule has 0 fully saturated rings. The number of carbonyl (C=O) groups is 1. The van der Waals surface area contributed by atoms with Gasteiger partial charge in [0, 0.05) is 30.8 Å². The number of pyridine rings is 1. The van der Waals surface area contributed by atoms with Gasteiger partial charge in [-0.3, -0.25) is 4.79 Å². The van der Waals surface area contributed by atoms with Gasteiger partial charge in [-0.2, -0.15) is 5.10 Å². The molecular formula is C16H17N7O. The minimum Gasteiger partial charge on any atom is -0.382 e. The molecular weight excluding hydrogens is 306 g/mol. The van der Waals surface area contributed by atoms with Gasteiger partial charge in [-0.15, -0.1) is 0 Å². The summed E-state index contributed by atoms with van der Waals surface area (Å²) in [5.41, 5.74) is 8.56. The van der Waals surface area contributed by atoms with Gasteiger partial charge in [-0.05, 0) is 31.5 Å². The highest BCUT2D eigenvalue weighted by molar-refractivity contribution is 5.96. The molecule has 3 rings (SSSR count). The molecule has 0 aromatic carbocycles. The average molecular weight is 323 g/mol. The van der Waals surface area contributed by atoms with Crippen LogP contribution in [0.4, 0.5) is 5.82 Å². The molecule has 0 radical (unpaired) electrons. The average Bonchev–Trinajstić information content (AvgIpc) is 2.92. The van der Waals surface area contributed by atoms with Crippen LogP contribution in [-0.2, 0) is 6.54 Å². The lowest BCUT2D eigenvalue weighted by molar-refractivity contribution is 0.0946. The molecule has 0 bridgehead atoms. The smallest absolute Gasteiger partial charge is 0.273 e. The number of rotatable bonds is 4. The van der Waals surface area contributed by atoms with Gasteiger partial charge in [0.25, 0.3) is 5.91 Å². The fourth-order valence-electron chi connectivity index (χ4n) is 2.30. The molecule has 0 aliphatic carbocycles. The monoisotopic (exact) mass is 323 g/mol. The number of hydrogen-bond donors (Lipinski definition) is 2. The van der Waals surface area contributed by atoms with Gasteiger partial charge >= 0.3 is 0 Å². The standard InChI is InChI=1S/C16H17N7O/c1-10-7-11(2)23(22-10)13-4-3-12(8-20-13)9-21-16(24)14-15(17)19-6-5-18-14/h3-8H,9H2,1-2H3,(H2,17,19)(H,21,24). The number of nitrogens with one attached hydrogen (secondary N) is 1. The molecule has 0 atom stereocenters. The van der Waals surface area contributed by atoms with Crippen LogP contribution >= 0.6 is 0 Å². The van der Waals surface area contributed by atoms with E-state index < -0.39 is 0 Å². The molecule has 0 saturated carbocycles. The lowest BCUT2D eigenvalue weighted by Crippen LogP contribution is -2.25. The van der Waals surface area contributed by atoms with Crippen molar-refractivity contribution in [3.05, 3.63) is 59.4 Å². The number of hydrogen-bond acceptors (Lipinski definition) is 6. The molecule has 0 aliphatic rings. The second-order valence-corrected chi connectivity index (χ2v) is 5.34. The third-order valence-electron chi connectivity index (χ3n) is 3.43. The number of aromatic nitrogens is 5.